The third-order valence-electron chi connectivity index (χ3n) is 8.92. The monoisotopic (exact) mass is 444 g/mol. The SMILES string of the molecule is COc1ccc(N2Cc3cccc(C(=O)N[C@@H](C)C45CC6CC(CC(C6)C4)C5)c3C2=O)cc1. The predicted octanol–water partition coefficient (Wildman–Crippen LogP) is 5.19. The number of ether oxygens (including phenoxy) is 1. The normalized spacial score (nSPS) is 30.3. The molecule has 0 spiro atoms. The molecule has 1 atom stereocenters. The molecule has 4 fully saturated rings. The Morgan fingerprint density at radius 3 is 2.27 bits per heavy atom. The number of benzene rings is 2. The molecule has 7 rings (SSSR count). The van der Waals surface area contributed by atoms with Crippen LogP contribution in [0.5, 0.6) is 5.75 Å². The first-order valence-electron chi connectivity index (χ1n) is 12.3. The van der Waals surface area contributed by atoms with E-state index < -0.39 is 0 Å². The highest BCUT2D eigenvalue weighted by Gasteiger charge is 2.53. The second-order valence-corrected chi connectivity index (χ2v) is 10.9. The maximum atomic E-state index is 13.5. The molecule has 5 heteroatoms. The zero-order chi connectivity index (χ0) is 22.7. The fourth-order valence-corrected chi connectivity index (χ4v) is 7.66. The molecule has 4 saturated carbocycles. The quantitative estimate of drug-likeness (QED) is 0.690. The minimum absolute atomic E-state index is 0.108. The van der Waals surface area contributed by atoms with Crippen molar-refractivity contribution in [2.75, 3.05) is 12.0 Å². The van der Waals surface area contributed by atoms with Gasteiger partial charge in [-0.05, 0) is 105 Å². The van der Waals surface area contributed by atoms with Crippen molar-refractivity contribution in [3.05, 3.63) is 59.2 Å². The van der Waals surface area contributed by atoms with Crippen molar-refractivity contribution in [3.8, 4) is 5.75 Å². The Morgan fingerprint density at radius 2 is 1.67 bits per heavy atom. The molecule has 2 aromatic rings. The molecule has 33 heavy (non-hydrogen) atoms. The van der Waals surface area contributed by atoms with Gasteiger partial charge in [0.1, 0.15) is 5.75 Å². The first-order chi connectivity index (χ1) is 16.0. The number of nitrogens with one attached hydrogen (secondary N) is 1. The number of hydrogen-bond donors (Lipinski definition) is 1. The summed E-state index contributed by atoms with van der Waals surface area (Å²) in [6, 6.07) is 13.3. The summed E-state index contributed by atoms with van der Waals surface area (Å²) >= 11 is 0. The molecule has 172 valence electrons. The Kier molecular flexibility index (Phi) is 4.79. The highest BCUT2D eigenvalue weighted by Crippen LogP contribution is 2.61. The third-order valence-corrected chi connectivity index (χ3v) is 8.92. The largest absolute Gasteiger partial charge is 0.497 e. The lowest BCUT2D eigenvalue weighted by molar-refractivity contribution is -0.0688. The summed E-state index contributed by atoms with van der Waals surface area (Å²) in [7, 11) is 1.63. The fourth-order valence-electron chi connectivity index (χ4n) is 7.66. The van der Waals surface area contributed by atoms with Gasteiger partial charge in [0.25, 0.3) is 11.8 Å². The van der Waals surface area contributed by atoms with E-state index in [-0.39, 0.29) is 23.3 Å². The highest BCUT2D eigenvalue weighted by atomic mass is 16.5. The summed E-state index contributed by atoms with van der Waals surface area (Å²) in [5, 5.41) is 3.35. The minimum Gasteiger partial charge on any atom is -0.497 e. The summed E-state index contributed by atoms with van der Waals surface area (Å²) in [5.41, 5.74) is 3.01. The number of carbonyl (C=O) groups is 2. The molecule has 0 unspecified atom stereocenters. The molecular formula is C28H32N2O3. The van der Waals surface area contributed by atoms with Crippen molar-refractivity contribution in [3.63, 3.8) is 0 Å². The lowest BCUT2D eigenvalue weighted by Gasteiger charge is -2.59. The fraction of sp³-hybridized carbons (Fsp3) is 0.500. The number of carbonyl (C=O) groups excluding carboxylic acids is 2. The molecule has 1 heterocycles. The van der Waals surface area contributed by atoms with Crippen molar-refractivity contribution in [1.82, 2.24) is 5.32 Å². The zero-order valence-electron chi connectivity index (χ0n) is 19.5. The minimum atomic E-state index is -0.111. The first-order valence-corrected chi connectivity index (χ1v) is 12.3. The summed E-state index contributed by atoms with van der Waals surface area (Å²) in [4.78, 5) is 28.6. The van der Waals surface area contributed by atoms with Crippen molar-refractivity contribution < 1.29 is 14.3 Å². The third kappa shape index (κ3) is 3.35. The van der Waals surface area contributed by atoms with Crippen molar-refractivity contribution in [1.29, 1.82) is 0 Å². The molecule has 1 N–H and O–H groups in total. The van der Waals surface area contributed by atoms with Gasteiger partial charge in [-0.15, -0.1) is 0 Å². The Hall–Kier alpha value is -2.82. The van der Waals surface area contributed by atoms with Crippen LogP contribution in [0.15, 0.2) is 42.5 Å². The van der Waals surface area contributed by atoms with E-state index in [1.807, 2.05) is 36.4 Å². The number of rotatable bonds is 5. The predicted molar refractivity (Wildman–Crippen MR) is 127 cm³/mol. The van der Waals surface area contributed by atoms with Crippen molar-refractivity contribution in [2.45, 2.75) is 58.0 Å². The standard InChI is InChI=1S/C28H32N2O3/c1-17(28-13-18-10-19(14-28)12-20(11-18)15-28)29-26(31)24-5-3-4-21-16-30(27(32)25(21)24)22-6-8-23(33-2)9-7-22/h3-9,17-20H,10-16H2,1-2H3,(H,29,31)/t17-,18?,19?,20?,28?/m0/s1. The summed E-state index contributed by atoms with van der Waals surface area (Å²) < 4.78 is 5.24. The van der Waals surface area contributed by atoms with Crippen LogP contribution in [0.1, 0.15) is 71.7 Å². The molecule has 4 aliphatic carbocycles. The Labute approximate surface area is 195 Å². The number of hydrogen-bond acceptors (Lipinski definition) is 3. The van der Waals surface area contributed by atoms with Crippen LogP contribution in [0.25, 0.3) is 0 Å². The molecular weight excluding hydrogens is 412 g/mol. The molecule has 5 nitrogen and oxygen atoms in total. The van der Waals surface area contributed by atoms with E-state index >= 15 is 0 Å². The highest BCUT2D eigenvalue weighted by molar-refractivity contribution is 6.16. The van der Waals surface area contributed by atoms with E-state index in [9.17, 15) is 9.59 Å². The van der Waals surface area contributed by atoms with Crippen LogP contribution in [-0.4, -0.2) is 25.0 Å². The van der Waals surface area contributed by atoms with E-state index in [1.165, 1.54) is 38.5 Å². The molecule has 2 aromatic carbocycles. The van der Waals surface area contributed by atoms with Gasteiger partial charge in [0.2, 0.25) is 0 Å². The molecule has 0 aromatic heterocycles. The van der Waals surface area contributed by atoms with Crippen LogP contribution < -0.4 is 15.0 Å². The number of fused-ring (bicyclic) bond motifs is 1. The van der Waals surface area contributed by atoms with E-state index in [0.717, 1.165) is 34.8 Å². The van der Waals surface area contributed by atoms with Gasteiger partial charge < -0.3 is 15.0 Å². The van der Waals surface area contributed by atoms with Crippen LogP contribution in [0.2, 0.25) is 0 Å². The smallest absolute Gasteiger partial charge is 0.259 e. The van der Waals surface area contributed by atoms with Crippen molar-refractivity contribution in [2.24, 2.45) is 23.2 Å². The number of amides is 2. The Morgan fingerprint density at radius 1 is 1.03 bits per heavy atom. The Bertz CT molecular complexity index is 1070. The van der Waals surface area contributed by atoms with Crippen LogP contribution in [0, 0.1) is 23.2 Å². The van der Waals surface area contributed by atoms with E-state index in [4.69, 9.17) is 4.74 Å². The topological polar surface area (TPSA) is 58.6 Å². The summed E-state index contributed by atoms with van der Waals surface area (Å²) in [6.45, 7) is 2.67. The van der Waals surface area contributed by atoms with Gasteiger partial charge in [0.15, 0.2) is 0 Å². The van der Waals surface area contributed by atoms with E-state index in [1.54, 1.807) is 18.1 Å². The van der Waals surface area contributed by atoms with Crippen LogP contribution in [-0.2, 0) is 6.54 Å². The molecule has 4 bridgehead atoms. The maximum Gasteiger partial charge on any atom is 0.259 e. The van der Waals surface area contributed by atoms with Crippen LogP contribution >= 0.6 is 0 Å². The average Bonchev–Trinajstić information content (AvgIpc) is 3.15. The average molecular weight is 445 g/mol. The van der Waals surface area contributed by atoms with Gasteiger partial charge in [-0.2, -0.15) is 0 Å². The van der Waals surface area contributed by atoms with Gasteiger partial charge in [0.05, 0.1) is 24.8 Å². The summed E-state index contributed by atoms with van der Waals surface area (Å²) in [6.07, 6.45) is 7.91. The van der Waals surface area contributed by atoms with E-state index in [0.29, 0.717) is 17.7 Å². The van der Waals surface area contributed by atoms with Gasteiger partial charge in [0, 0.05) is 11.7 Å². The van der Waals surface area contributed by atoms with Crippen molar-refractivity contribution >= 4 is 17.5 Å². The first kappa shape index (κ1) is 20.8. The van der Waals surface area contributed by atoms with Crippen LogP contribution in [0.3, 0.4) is 0 Å². The second kappa shape index (κ2) is 7.61. The molecule has 2 amide bonds. The maximum absolute atomic E-state index is 13.5. The number of nitrogens with zero attached hydrogens (tertiary/aromatic N) is 1. The van der Waals surface area contributed by atoms with Crippen LogP contribution in [0.4, 0.5) is 5.69 Å². The lowest BCUT2D eigenvalue weighted by Crippen LogP contribution is -2.55. The summed E-state index contributed by atoms with van der Waals surface area (Å²) in [5.74, 6) is 3.06. The Balaban J connectivity index is 1.23. The van der Waals surface area contributed by atoms with Gasteiger partial charge in [-0.3, -0.25) is 9.59 Å². The molecule has 1 aliphatic heterocycles. The lowest BCUT2D eigenvalue weighted by atomic mass is 9.48. The van der Waals surface area contributed by atoms with Gasteiger partial charge >= 0.3 is 0 Å². The second-order valence-electron chi connectivity index (χ2n) is 10.9. The molecule has 0 saturated heterocycles. The zero-order valence-corrected chi connectivity index (χ0v) is 19.5. The van der Waals surface area contributed by atoms with Gasteiger partial charge in [-0.1, -0.05) is 12.1 Å². The molecule has 5 aliphatic rings. The van der Waals surface area contributed by atoms with Gasteiger partial charge in [-0.25, -0.2) is 0 Å². The number of anilines is 1. The number of methoxy groups -OCH3 is 1. The van der Waals surface area contributed by atoms with E-state index in [2.05, 4.69) is 12.2 Å². The molecule has 0 radical (unpaired) electrons.